The minimum atomic E-state index is -0.878. The van der Waals surface area contributed by atoms with Crippen LogP contribution in [0.25, 0.3) is 10.9 Å². The Labute approximate surface area is 126 Å². The van der Waals surface area contributed by atoms with Gasteiger partial charge in [-0.25, -0.2) is 0 Å². The zero-order valence-corrected chi connectivity index (χ0v) is 13.0. The normalized spacial score (nSPS) is 21.4. The van der Waals surface area contributed by atoms with Crippen molar-refractivity contribution in [2.75, 3.05) is 18.8 Å². The van der Waals surface area contributed by atoms with Crippen LogP contribution in [0.2, 0.25) is 0 Å². The first kappa shape index (κ1) is 14.2. The molecule has 1 aliphatic rings. The van der Waals surface area contributed by atoms with Gasteiger partial charge in [-0.1, -0.05) is 12.1 Å². The molecule has 1 saturated heterocycles. The number of rotatable bonds is 1. The van der Waals surface area contributed by atoms with Crippen molar-refractivity contribution in [3.8, 4) is 0 Å². The van der Waals surface area contributed by atoms with Gasteiger partial charge < -0.3 is 4.90 Å². The lowest BCUT2D eigenvalue weighted by molar-refractivity contribution is 0.0748. The van der Waals surface area contributed by atoms with Crippen molar-refractivity contribution in [3.05, 3.63) is 42.1 Å². The van der Waals surface area contributed by atoms with E-state index in [4.69, 9.17) is 0 Å². The van der Waals surface area contributed by atoms with Gasteiger partial charge in [0.05, 0.1) is 10.3 Å². The highest BCUT2D eigenvalue weighted by molar-refractivity contribution is 7.86. The highest BCUT2D eigenvalue weighted by Gasteiger charge is 2.35. The van der Waals surface area contributed by atoms with Gasteiger partial charge in [-0.3, -0.25) is 14.0 Å². The van der Waals surface area contributed by atoms with Crippen LogP contribution in [0, 0.1) is 0 Å². The molecule has 110 valence electrons. The number of nitrogens with zero attached hydrogens (tertiary/aromatic N) is 2. The van der Waals surface area contributed by atoms with E-state index in [1.165, 1.54) is 0 Å². The summed E-state index contributed by atoms with van der Waals surface area (Å²) in [6.07, 6.45) is 1.73. The number of pyridine rings is 1. The molecule has 2 heterocycles. The summed E-state index contributed by atoms with van der Waals surface area (Å²) in [6.45, 7) is 4.97. The SMILES string of the molecule is CC1(C)CN(C(=O)c2cccc3ncccc23)CC[S@]1=O. The number of aromatic nitrogens is 1. The number of amides is 1. The van der Waals surface area contributed by atoms with Crippen molar-refractivity contribution in [2.24, 2.45) is 0 Å². The van der Waals surface area contributed by atoms with Crippen LogP contribution in [0.3, 0.4) is 0 Å². The van der Waals surface area contributed by atoms with Crippen molar-refractivity contribution in [1.82, 2.24) is 9.88 Å². The van der Waals surface area contributed by atoms with Crippen LogP contribution >= 0.6 is 0 Å². The second-order valence-corrected chi connectivity index (χ2v) is 8.12. The van der Waals surface area contributed by atoms with Gasteiger partial charge in [0.15, 0.2) is 0 Å². The molecule has 1 fully saturated rings. The van der Waals surface area contributed by atoms with Gasteiger partial charge in [-0.15, -0.1) is 0 Å². The van der Waals surface area contributed by atoms with E-state index in [2.05, 4.69) is 4.98 Å². The molecule has 21 heavy (non-hydrogen) atoms. The number of benzene rings is 1. The van der Waals surface area contributed by atoms with Crippen molar-refractivity contribution in [2.45, 2.75) is 18.6 Å². The maximum Gasteiger partial charge on any atom is 0.254 e. The Bertz CT molecular complexity index is 722. The molecule has 0 saturated carbocycles. The highest BCUT2D eigenvalue weighted by Crippen LogP contribution is 2.24. The van der Waals surface area contributed by atoms with Crippen LogP contribution in [-0.2, 0) is 10.8 Å². The van der Waals surface area contributed by atoms with E-state index < -0.39 is 10.8 Å². The number of hydrogen-bond donors (Lipinski definition) is 0. The van der Waals surface area contributed by atoms with Crippen molar-refractivity contribution >= 4 is 27.6 Å². The summed E-state index contributed by atoms with van der Waals surface area (Å²) in [4.78, 5) is 18.9. The molecule has 1 aromatic carbocycles. The van der Waals surface area contributed by atoms with Crippen LogP contribution in [0.15, 0.2) is 36.5 Å². The Morgan fingerprint density at radius 3 is 2.86 bits per heavy atom. The van der Waals surface area contributed by atoms with Crippen LogP contribution in [0.4, 0.5) is 0 Å². The van der Waals surface area contributed by atoms with Gasteiger partial charge in [-0.05, 0) is 32.0 Å². The largest absolute Gasteiger partial charge is 0.336 e. The average Bonchev–Trinajstić information content (AvgIpc) is 2.48. The first-order valence-corrected chi connectivity index (χ1v) is 8.32. The maximum atomic E-state index is 12.8. The molecule has 0 spiro atoms. The van der Waals surface area contributed by atoms with Gasteiger partial charge in [-0.2, -0.15) is 0 Å². The molecule has 0 aliphatic carbocycles. The molecule has 0 unspecified atom stereocenters. The molecule has 0 N–H and O–H groups in total. The summed E-state index contributed by atoms with van der Waals surface area (Å²) >= 11 is 0. The predicted octanol–water partition coefficient (Wildman–Crippen LogP) is 2.22. The minimum absolute atomic E-state index is 0.00150. The van der Waals surface area contributed by atoms with Crippen molar-refractivity contribution in [3.63, 3.8) is 0 Å². The van der Waals surface area contributed by atoms with E-state index in [0.717, 1.165) is 10.9 Å². The first-order chi connectivity index (χ1) is 9.99. The fraction of sp³-hybridized carbons (Fsp3) is 0.375. The molecule has 2 aromatic rings. The van der Waals surface area contributed by atoms with Crippen LogP contribution in [-0.4, -0.2) is 43.6 Å². The monoisotopic (exact) mass is 302 g/mol. The zero-order valence-electron chi connectivity index (χ0n) is 12.2. The van der Waals surface area contributed by atoms with E-state index >= 15 is 0 Å². The second kappa shape index (κ2) is 5.22. The first-order valence-electron chi connectivity index (χ1n) is 7.00. The van der Waals surface area contributed by atoms with E-state index in [1.54, 1.807) is 6.20 Å². The summed E-state index contributed by atoms with van der Waals surface area (Å²) in [5.41, 5.74) is 1.49. The standard InChI is InChI=1S/C16H18N2O2S/c1-16(2)11-18(9-10-21(16)20)15(19)13-5-3-7-14-12(13)6-4-8-17-14/h3-8H,9-11H2,1-2H3/t21-/m1/s1. The third-order valence-corrected chi connectivity index (χ3v) is 5.81. The molecule has 5 heteroatoms. The van der Waals surface area contributed by atoms with Gasteiger partial charge in [0, 0.05) is 46.8 Å². The van der Waals surface area contributed by atoms with E-state index in [1.807, 2.05) is 49.1 Å². The third kappa shape index (κ3) is 2.58. The van der Waals surface area contributed by atoms with Gasteiger partial charge >= 0.3 is 0 Å². The Balaban J connectivity index is 1.96. The van der Waals surface area contributed by atoms with Crippen LogP contribution < -0.4 is 0 Å². The van der Waals surface area contributed by atoms with Crippen LogP contribution in [0.5, 0.6) is 0 Å². The lowest BCUT2D eigenvalue weighted by Crippen LogP contribution is -2.52. The number of carbonyl (C=O) groups is 1. The van der Waals surface area contributed by atoms with Crippen LogP contribution in [0.1, 0.15) is 24.2 Å². The molecular formula is C16H18N2O2S. The highest BCUT2D eigenvalue weighted by atomic mass is 32.2. The summed E-state index contributed by atoms with van der Waals surface area (Å²) in [5.74, 6) is 0.542. The van der Waals surface area contributed by atoms with Crippen molar-refractivity contribution < 1.29 is 9.00 Å². The summed E-state index contributed by atoms with van der Waals surface area (Å²) in [5, 5.41) is 0.870. The summed E-state index contributed by atoms with van der Waals surface area (Å²) < 4.78 is 11.6. The molecule has 0 radical (unpaired) electrons. The Morgan fingerprint density at radius 1 is 1.29 bits per heavy atom. The molecule has 1 atom stereocenters. The summed E-state index contributed by atoms with van der Waals surface area (Å²) in [6, 6.07) is 9.36. The number of fused-ring (bicyclic) bond motifs is 1. The fourth-order valence-electron chi connectivity index (χ4n) is 2.71. The molecule has 0 bridgehead atoms. The lowest BCUT2D eigenvalue weighted by atomic mass is 10.1. The zero-order chi connectivity index (χ0) is 15.0. The quantitative estimate of drug-likeness (QED) is 0.811. The smallest absolute Gasteiger partial charge is 0.254 e. The Hall–Kier alpha value is -1.75. The summed E-state index contributed by atoms with van der Waals surface area (Å²) in [7, 11) is -0.878. The number of carbonyl (C=O) groups excluding carboxylic acids is 1. The molecule has 1 aliphatic heterocycles. The molecule has 4 nitrogen and oxygen atoms in total. The lowest BCUT2D eigenvalue weighted by Gasteiger charge is -2.37. The number of hydrogen-bond acceptors (Lipinski definition) is 3. The van der Waals surface area contributed by atoms with Gasteiger partial charge in [0.25, 0.3) is 5.91 Å². The average molecular weight is 302 g/mol. The Morgan fingerprint density at radius 2 is 2.10 bits per heavy atom. The minimum Gasteiger partial charge on any atom is -0.336 e. The maximum absolute atomic E-state index is 12.8. The molecule has 3 rings (SSSR count). The van der Waals surface area contributed by atoms with Gasteiger partial charge in [0.1, 0.15) is 0 Å². The van der Waals surface area contributed by atoms with E-state index in [9.17, 15) is 9.00 Å². The molecular weight excluding hydrogens is 284 g/mol. The topological polar surface area (TPSA) is 50.3 Å². The van der Waals surface area contributed by atoms with Gasteiger partial charge in [0.2, 0.25) is 0 Å². The van der Waals surface area contributed by atoms with E-state index in [-0.39, 0.29) is 10.7 Å². The second-order valence-electron chi connectivity index (χ2n) is 5.91. The van der Waals surface area contributed by atoms with Crippen molar-refractivity contribution in [1.29, 1.82) is 0 Å². The predicted molar refractivity (Wildman–Crippen MR) is 84.7 cm³/mol. The fourth-order valence-corrected chi connectivity index (χ4v) is 3.95. The molecule has 1 aromatic heterocycles. The van der Waals surface area contributed by atoms with E-state index in [0.29, 0.717) is 24.4 Å². The Kier molecular flexibility index (Phi) is 3.53. The third-order valence-electron chi connectivity index (χ3n) is 3.90. The molecule has 1 amide bonds.